The number of carbonyl (C=O) groups is 2. The average Bonchev–Trinajstić information content (AvgIpc) is 3.50. The van der Waals surface area contributed by atoms with Crippen LogP contribution >= 0.6 is 0 Å². The number of nitrogens with one attached hydrogen (secondary N) is 2. The Balaban J connectivity index is 1.35. The molecule has 1 amide bonds. The van der Waals surface area contributed by atoms with E-state index in [4.69, 9.17) is 9.82 Å². The minimum Gasteiger partial charge on any atom is -0.481 e. The summed E-state index contributed by atoms with van der Waals surface area (Å²) in [5.41, 5.74) is 3.26. The van der Waals surface area contributed by atoms with E-state index in [0.29, 0.717) is 25.7 Å². The van der Waals surface area contributed by atoms with E-state index in [2.05, 4.69) is 20.9 Å². The lowest BCUT2D eigenvalue weighted by molar-refractivity contribution is -0.142. The van der Waals surface area contributed by atoms with E-state index in [0.717, 1.165) is 73.1 Å². The molecule has 2 aromatic rings. The zero-order chi connectivity index (χ0) is 25.3. The number of aromatic nitrogens is 3. The molecule has 1 aliphatic heterocycles. The molecule has 0 atom stereocenters. The molecular weight excluding hydrogens is 460 g/mol. The van der Waals surface area contributed by atoms with Crippen LogP contribution < -0.4 is 10.6 Å². The van der Waals surface area contributed by atoms with Gasteiger partial charge in [-0.1, -0.05) is 12.1 Å². The number of aryl methyl sites for hydroxylation is 1. The third-order valence-electron chi connectivity index (χ3n) is 8.12. The number of carbonyl (C=O) groups excluding carboxylic acids is 1. The van der Waals surface area contributed by atoms with Gasteiger partial charge in [0.25, 0.3) is 0 Å². The molecule has 5 rings (SSSR count). The SMILES string of the molecule is CCC(=O)NC1CCC2(CC1)CC(c1cnc3c(cnn3CC)c1NC1CCC(C(=O)O)CC1)=NO2. The van der Waals surface area contributed by atoms with Crippen molar-refractivity contribution in [2.75, 3.05) is 5.32 Å². The quantitative estimate of drug-likeness (QED) is 0.531. The first-order valence-corrected chi connectivity index (χ1v) is 13.3. The Morgan fingerprint density at radius 1 is 1.11 bits per heavy atom. The van der Waals surface area contributed by atoms with Crippen molar-refractivity contribution in [2.45, 2.75) is 102 Å². The first kappa shape index (κ1) is 24.5. The highest BCUT2D eigenvalue weighted by molar-refractivity contribution is 6.10. The number of fused-ring (bicyclic) bond motifs is 1. The molecule has 3 heterocycles. The fraction of sp³-hybridized carbons (Fsp3) is 0.654. The first-order valence-electron chi connectivity index (χ1n) is 13.3. The normalized spacial score (nSPS) is 28.1. The summed E-state index contributed by atoms with van der Waals surface area (Å²) in [5.74, 6) is -0.857. The second kappa shape index (κ2) is 10.1. The van der Waals surface area contributed by atoms with E-state index in [9.17, 15) is 14.7 Å². The number of rotatable bonds is 7. The van der Waals surface area contributed by atoms with Crippen molar-refractivity contribution in [1.29, 1.82) is 0 Å². The second-order valence-corrected chi connectivity index (χ2v) is 10.5. The lowest BCUT2D eigenvalue weighted by Crippen LogP contribution is -2.43. The van der Waals surface area contributed by atoms with Crippen molar-refractivity contribution in [3.63, 3.8) is 0 Å². The van der Waals surface area contributed by atoms with Crippen molar-refractivity contribution in [3.8, 4) is 0 Å². The molecule has 2 aromatic heterocycles. The summed E-state index contributed by atoms with van der Waals surface area (Å²) in [6, 6.07) is 0.385. The number of hydrogen-bond donors (Lipinski definition) is 3. The largest absolute Gasteiger partial charge is 0.481 e. The summed E-state index contributed by atoms with van der Waals surface area (Å²) >= 11 is 0. The summed E-state index contributed by atoms with van der Waals surface area (Å²) in [4.78, 5) is 34.0. The van der Waals surface area contributed by atoms with E-state index in [1.807, 2.05) is 30.9 Å². The number of nitrogens with zero attached hydrogens (tertiary/aromatic N) is 4. The Labute approximate surface area is 210 Å². The molecule has 0 saturated heterocycles. The standard InChI is InChI=1S/C26H36N6O4/c1-3-22(33)29-18-9-11-26(12-10-18)13-21(31-36-26)19-14-27-24-20(15-28-32(24)4-2)23(19)30-17-7-5-16(6-8-17)25(34)35/h14-18H,3-13H2,1-2H3,(H,27,30)(H,29,33)(H,34,35). The van der Waals surface area contributed by atoms with Crippen LogP contribution in [0, 0.1) is 5.92 Å². The summed E-state index contributed by atoms with van der Waals surface area (Å²) < 4.78 is 1.88. The summed E-state index contributed by atoms with van der Waals surface area (Å²) in [6.07, 6.45) is 11.4. The van der Waals surface area contributed by atoms with Crippen LogP contribution in [-0.2, 0) is 21.0 Å². The van der Waals surface area contributed by atoms with Gasteiger partial charge in [0.15, 0.2) is 5.65 Å². The highest BCUT2D eigenvalue weighted by Crippen LogP contribution is 2.41. The highest BCUT2D eigenvalue weighted by Gasteiger charge is 2.43. The molecule has 0 bridgehead atoms. The maximum Gasteiger partial charge on any atom is 0.306 e. The van der Waals surface area contributed by atoms with Gasteiger partial charge in [-0.25, -0.2) is 9.67 Å². The number of oxime groups is 1. The third kappa shape index (κ3) is 4.77. The summed E-state index contributed by atoms with van der Waals surface area (Å²) in [5, 5.41) is 26.2. The summed E-state index contributed by atoms with van der Waals surface area (Å²) in [7, 11) is 0. The number of carboxylic acid groups (broad SMARTS) is 1. The first-order chi connectivity index (χ1) is 17.4. The van der Waals surface area contributed by atoms with Gasteiger partial charge in [0.05, 0.1) is 28.9 Å². The number of hydrogen-bond acceptors (Lipinski definition) is 7. The highest BCUT2D eigenvalue weighted by atomic mass is 16.7. The van der Waals surface area contributed by atoms with Crippen LogP contribution in [-0.4, -0.2) is 55.1 Å². The molecule has 10 nitrogen and oxygen atoms in total. The van der Waals surface area contributed by atoms with Crippen LogP contribution in [0.3, 0.4) is 0 Å². The van der Waals surface area contributed by atoms with E-state index in [1.54, 1.807) is 0 Å². The van der Waals surface area contributed by atoms with E-state index in [1.165, 1.54) is 0 Å². The molecule has 3 aliphatic rings. The van der Waals surface area contributed by atoms with Crippen molar-refractivity contribution in [1.82, 2.24) is 20.1 Å². The van der Waals surface area contributed by atoms with Gasteiger partial charge >= 0.3 is 5.97 Å². The molecule has 2 saturated carbocycles. The van der Waals surface area contributed by atoms with E-state index >= 15 is 0 Å². The Morgan fingerprint density at radius 3 is 2.53 bits per heavy atom. The lowest BCUT2D eigenvalue weighted by atomic mass is 9.78. The van der Waals surface area contributed by atoms with Gasteiger partial charge in [-0.3, -0.25) is 9.59 Å². The van der Waals surface area contributed by atoms with Crippen LogP contribution in [0.1, 0.15) is 83.6 Å². The maximum atomic E-state index is 11.8. The number of aliphatic carboxylic acids is 1. The Morgan fingerprint density at radius 2 is 1.86 bits per heavy atom. The fourth-order valence-electron chi connectivity index (χ4n) is 5.87. The molecule has 0 aromatic carbocycles. The molecule has 2 aliphatic carbocycles. The minimum absolute atomic E-state index is 0.0975. The molecule has 0 radical (unpaired) electrons. The van der Waals surface area contributed by atoms with Crippen LogP contribution in [0.2, 0.25) is 0 Å². The molecule has 2 fully saturated rings. The van der Waals surface area contributed by atoms with Gasteiger partial charge in [-0.2, -0.15) is 5.10 Å². The molecule has 1 spiro atoms. The molecule has 3 N–H and O–H groups in total. The number of carboxylic acids is 1. The van der Waals surface area contributed by atoms with Crippen molar-refractivity contribution in [2.24, 2.45) is 11.1 Å². The average molecular weight is 497 g/mol. The number of pyridine rings is 1. The molecule has 10 heteroatoms. The number of anilines is 1. The smallest absolute Gasteiger partial charge is 0.306 e. The number of amides is 1. The predicted molar refractivity (Wildman–Crippen MR) is 136 cm³/mol. The third-order valence-corrected chi connectivity index (χ3v) is 8.12. The van der Waals surface area contributed by atoms with Gasteiger partial charge in [0, 0.05) is 43.2 Å². The minimum atomic E-state index is -0.698. The van der Waals surface area contributed by atoms with Gasteiger partial charge < -0.3 is 20.6 Å². The summed E-state index contributed by atoms with van der Waals surface area (Å²) in [6.45, 7) is 4.64. The molecule has 194 valence electrons. The Bertz CT molecular complexity index is 1160. The van der Waals surface area contributed by atoms with Gasteiger partial charge in [-0.15, -0.1) is 0 Å². The van der Waals surface area contributed by atoms with Gasteiger partial charge in [0.2, 0.25) is 5.91 Å². The van der Waals surface area contributed by atoms with Crippen LogP contribution in [0.15, 0.2) is 17.5 Å². The zero-order valence-corrected chi connectivity index (χ0v) is 21.1. The monoisotopic (exact) mass is 496 g/mol. The topological polar surface area (TPSA) is 131 Å². The molecule has 0 unspecified atom stereocenters. The Kier molecular flexibility index (Phi) is 6.85. The maximum absolute atomic E-state index is 11.8. The predicted octanol–water partition coefficient (Wildman–Crippen LogP) is 3.84. The van der Waals surface area contributed by atoms with Crippen LogP contribution in [0.5, 0.6) is 0 Å². The fourth-order valence-corrected chi connectivity index (χ4v) is 5.87. The van der Waals surface area contributed by atoms with Crippen molar-refractivity contribution < 1.29 is 19.5 Å². The van der Waals surface area contributed by atoms with Crippen LogP contribution in [0.4, 0.5) is 5.69 Å². The van der Waals surface area contributed by atoms with Gasteiger partial charge in [0.1, 0.15) is 5.60 Å². The zero-order valence-electron chi connectivity index (χ0n) is 21.1. The molecule has 36 heavy (non-hydrogen) atoms. The van der Waals surface area contributed by atoms with E-state index in [-0.39, 0.29) is 29.5 Å². The Hall–Kier alpha value is -3.17. The van der Waals surface area contributed by atoms with Gasteiger partial charge in [-0.05, 0) is 58.3 Å². The van der Waals surface area contributed by atoms with Crippen molar-refractivity contribution in [3.05, 3.63) is 18.0 Å². The molecular formula is C26H36N6O4. The van der Waals surface area contributed by atoms with E-state index < -0.39 is 5.97 Å². The van der Waals surface area contributed by atoms with Crippen molar-refractivity contribution >= 4 is 34.3 Å². The van der Waals surface area contributed by atoms with Crippen LogP contribution in [0.25, 0.3) is 11.0 Å². The lowest BCUT2D eigenvalue weighted by Gasteiger charge is -2.35. The second-order valence-electron chi connectivity index (χ2n) is 10.5.